The van der Waals surface area contributed by atoms with E-state index in [0.717, 1.165) is 44.6 Å². The maximum Gasteiger partial charge on any atom is 0.319 e. The van der Waals surface area contributed by atoms with E-state index in [-0.39, 0.29) is 17.9 Å². The molecule has 0 aromatic carbocycles. The summed E-state index contributed by atoms with van der Waals surface area (Å²) in [6.07, 6.45) is 7.44. The lowest BCUT2D eigenvalue weighted by molar-refractivity contribution is -0.138. The Morgan fingerprint density at radius 2 is 1.84 bits per heavy atom. The molecule has 2 saturated heterocycles. The predicted molar refractivity (Wildman–Crippen MR) is 95.1 cm³/mol. The third kappa shape index (κ3) is 3.80. The number of nitrogens with zero attached hydrogens (tertiary/aromatic N) is 5. The van der Waals surface area contributed by atoms with Gasteiger partial charge in [0.2, 0.25) is 5.91 Å². The lowest BCUT2D eigenvalue weighted by Crippen LogP contribution is -2.48. The minimum atomic E-state index is 0.0405. The molecule has 2 aliphatic heterocycles. The Kier molecular flexibility index (Phi) is 5.30. The second-order valence-electron chi connectivity index (χ2n) is 7.46. The van der Waals surface area contributed by atoms with E-state index in [4.69, 9.17) is 0 Å². The number of carbonyl (C=O) groups is 2. The fourth-order valence-electron chi connectivity index (χ4n) is 4.02. The number of rotatable bonds is 2. The Bertz CT molecular complexity index is 619. The maximum atomic E-state index is 12.9. The molecular formula is C18H29N5O2. The lowest BCUT2D eigenvalue weighted by Gasteiger charge is -2.38. The Morgan fingerprint density at radius 3 is 2.44 bits per heavy atom. The van der Waals surface area contributed by atoms with Crippen molar-refractivity contribution in [3.63, 3.8) is 0 Å². The van der Waals surface area contributed by atoms with Crippen molar-refractivity contribution >= 4 is 11.9 Å². The van der Waals surface area contributed by atoms with Crippen LogP contribution in [0.15, 0.2) is 12.4 Å². The smallest absolute Gasteiger partial charge is 0.319 e. The van der Waals surface area contributed by atoms with Gasteiger partial charge >= 0.3 is 6.03 Å². The molecule has 1 aromatic heterocycles. The van der Waals surface area contributed by atoms with Gasteiger partial charge in [0.05, 0.1) is 0 Å². The second kappa shape index (κ2) is 7.45. The molecule has 0 unspecified atom stereocenters. The van der Waals surface area contributed by atoms with Gasteiger partial charge in [-0.25, -0.2) is 9.78 Å². The molecule has 0 aliphatic carbocycles. The standard InChI is InChI=1S/C18H29N5O2/c1-20(2)18(25)22-10-6-14(7-11-22)17(24)23-9-4-5-15(13-23)16-19-8-12-21(16)3/h8,12,14-15H,4-7,9-11,13H2,1-3H3/t15-/m1/s1. The first kappa shape index (κ1) is 17.8. The molecule has 3 rings (SSSR count). The fourth-order valence-corrected chi connectivity index (χ4v) is 4.02. The number of urea groups is 1. The molecule has 3 heterocycles. The van der Waals surface area contributed by atoms with Crippen LogP contribution in [0.5, 0.6) is 0 Å². The lowest BCUT2D eigenvalue weighted by atomic mass is 9.92. The quantitative estimate of drug-likeness (QED) is 0.815. The number of carbonyl (C=O) groups excluding carboxylic acids is 2. The van der Waals surface area contributed by atoms with Crippen molar-refractivity contribution in [2.24, 2.45) is 13.0 Å². The molecule has 25 heavy (non-hydrogen) atoms. The van der Waals surface area contributed by atoms with Crippen LogP contribution in [0.1, 0.15) is 37.4 Å². The van der Waals surface area contributed by atoms with E-state index in [0.29, 0.717) is 19.0 Å². The van der Waals surface area contributed by atoms with Crippen molar-refractivity contribution in [1.29, 1.82) is 0 Å². The van der Waals surface area contributed by atoms with Crippen molar-refractivity contribution in [1.82, 2.24) is 24.3 Å². The van der Waals surface area contributed by atoms with Gasteiger partial charge < -0.3 is 19.3 Å². The summed E-state index contributed by atoms with van der Waals surface area (Å²) in [5.41, 5.74) is 0. The van der Waals surface area contributed by atoms with Crippen molar-refractivity contribution in [3.8, 4) is 0 Å². The van der Waals surface area contributed by atoms with Crippen LogP contribution in [0.4, 0.5) is 4.79 Å². The Hall–Kier alpha value is -2.05. The third-order valence-corrected chi connectivity index (χ3v) is 5.45. The zero-order valence-electron chi connectivity index (χ0n) is 15.5. The molecule has 0 saturated carbocycles. The highest BCUT2D eigenvalue weighted by atomic mass is 16.2. The third-order valence-electron chi connectivity index (χ3n) is 5.45. The monoisotopic (exact) mass is 347 g/mol. The van der Waals surface area contributed by atoms with Crippen LogP contribution >= 0.6 is 0 Å². The van der Waals surface area contributed by atoms with E-state index < -0.39 is 0 Å². The zero-order chi connectivity index (χ0) is 18.0. The van der Waals surface area contributed by atoms with Crippen molar-refractivity contribution in [2.45, 2.75) is 31.6 Å². The summed E-state index contributed by atoms with van der Waals surface area (Å²) in [5.74, 6) is 1.71. The molecule has 138 valence electrons. The second-order valence-corrected chi connectivity index (χ2v) is 7.46. The summed E-state index contributed by atoms with van der Waals surface area (Å²) in [4.78, 5) is 34.9. The van der Waals surface area contributed by atoms with Gasteiger partial charge in [-0.05, 0) is 25.7 Å². The first-order valence-corrected chi connectivity index (χ1v) is 9.19. The normalized spacial score (nSPS) is 22.1. The van der Waals surface area contributed by atoms with Crippen LogP contribution in [-0.4, -0.2) is 76.5 Å². The fraction of sp³-hybridized carbons (Fsp3) is 0.722. The van der Waals surface area contributed by atoms with E-state index in [1.54, 1.807) is 19.0 Å². The van der Waals surface area contributed by atoms with Gasteiger partial charge in [0.25, 0.3) is 0 Å². The van der Waals surface area contributed by atoms with Crippen LogP contribution in [0.25, 0.3) is 0 Å². The van der Waals surface area contributed by atoms with Gasteiger partial charge in [0.1, 0.15) is 5.82 Å². The summed E-state index contributed by atoms with van der Waals surface area (Å²) in [7, 11) is 5.55. The van der Waals surface area contributed by atoms with Gasteiger partial charge in [-0.15, -0.1) is 0 Å². The maximum absolute atomic E-state index is 12.9. The van der Waals surface area contributed by atoms with E-state index in [1.165, 1.54) is 0 Å². The number of amides is 3. The predicted octanol–water partition coefficient (Wildman–Crippen LogP) is 1.52. The van der Waals surface area contributed by atoms with Gasteiger partial charge in [-0.1, -0.05) is 0 Å². The van der Waals surface area contributed by atoms with Crippen molar-refractivity contribution in [3.05, 3.63) is 18.2 Å². The molecule has 7 heteroatoms. The van der Waals surface area contributed by atoms with E-state index >= 15 is 0 Å². The Balaban J connectivity index is 1.56. The Labute approximate surface area is 149 Å². The van der Waals surface area contributed by atoms with Crippen LogP contribution in [0, 0.1) is 5.92 Å². The highest BCUT2D eigenvalue weighted by Crippen LogP contribution is 2.28. The molecule has 0 N–H and O–H groups in total. The minimum absolute atomic E-state index is 0.0405. The summed E-state index contributed by atoms with van der Waals surface area (Å²) in [5, 5.41) is 0. The summed E-state index contributed by atoms with van der Waals surface area (Å²) < 4.78 is 2.06. The molecule has 7 nitrogen and oxygen atoms in total. The summed E-state index contributed by atoms with van der Waals surface area (Å²) in [6.45, 7) is 2.95. The molecule has 2 fully saturated rings. The molecule has 3 amide bonds. The van der Waals surface area contributed by atoms with Crippen LogP contribution < -0.4 is 0 Å². The molecular weight excluding hydrogens is 318 g/mol. The summed E-state index contributed by atoms with van der Waals surface area (Å²) >= 11 is 0. The van der Waals surface area contributed by atoms with Crippen LogP contribution in [0.3, 0.4) is 0 Å². The SMILES string of the molecule is CN(C)C(=O)N1CCC(C(=O)N2CCC[C@@H](c3nccn3C)C2)CC1. The highest BCUT2D eigenvalue weighted by molar-refractivity contribution is 5.80. The van der Waals surface area contributed by atoms with E-state index in [9.17, 15) is 9.59 Å². The molecule has 1 atom stereocenters. The highest BCUT2D eigenvalue weighted by Gasteiger charge is 2.33. The number of piperidine rings is 2. The number of hydrogen-bond donors (Lipinski definition) is 0. The van der Waals surface area contributed by atoms with E-state index in [2.05, 4.69) is 9.55 Å². The largest absolute Gasteiger partial charge is 0.342 e. The van der Waals surface area contributed by atoms with Gasteiger partial charge in [0.15, 0.2) is 0 Å². The van der Waals surface area contributed by atoms with E-state index in [1.807, 2.05) is 29.2 Å². The average molecular weight is 347 g/mol. The van der Waals surface area contributed by atoms with Gasteiger partial charge in [-0.3, -0.25) is 4.79 Å². The van der Waals surface area contributed by atoms with Crippen LogP contribution in [-0.2, 0) is 11.8 Å². The molecule has 0 radical (unpaired) electrons. The van der Waals surface area contributed by atoms with Crippen LogP contribution in [0.2, 0.25) is 0 Å². The molecule has 0 spiro atoms. The molecule has 1 aromatic rings. The Morgan fingerprint density at radius 1 is 1.12 bits per heavy atom. The average Bonchev–Trinajstić information content (AvgIpc) is 3.06. The minimum Gasteiger partial charge on any atom is -0.342 e. The topological polar surface area (TPSA) is 61.7 Å². The number of aryl methyl sites for hydroxylation is 1. The summed E-state index contributed by atoms with van der Waals surface area (Å²) in [6, 6.07) is 0.0405. The van der Waals surface area contributed by atoms with Gasteiger partial charge in [0, 0.05) is 71.6 Å². The number of hydrogen-bond acceptors (Lipinski definition) is 3. The van der Waals surface area contributed by atoms with Crippen molar-refractivity contribution in [2.75, 3.05) is 40.3 Å². The number of aromatic nitrogens is 2. The van der Waals surface area contributed by atoms with Crippen molar-refractivity contribution < 1.29 is 9.59 Å². The zero-order valence-corrected chi connectivity index (χ0v) is 15.5. The first-order valence-electron chi connectivity index (χ1n) is 9.19. The van der Waals surface area contributed by atoms with Gasteiger partial charge in [-0.2, -0.15) is 0 Å². The number of likely N-dealkylation sites (tertiary alicyclic amines) is 2. The number of imidazole rings is 1. The first-order chi connectivity index (χ1) is 12.0. The molecule has 0 bridgehead atoms. The molecule has 2 aliphatic rings.